The number of esters is 1. The van der Waals surface area contributed by atoms with Gasteiger partial charge in [-0.05, 0) is 23.6 Å². The summed E-state index contributed by atoms with van der Waals surface area (Å²) in [7, 11) is 0. The fourth-order valence-electron chi connectivity index (χ4n) is 1.10. The van der Waals surface area contributed by atoms with Crippen molar-refractivity contribution in [3.8, 4) is 11.5 Å². The highest BCUT2D eigenvalue weighted by Crippen LogP contribution is 2.24. The molecule has 0 aliphatic rings. The van der Waals surface area contributed by atoms with Crippen molar-refractivity contribution in [3.63, 3.8) is 0 Å². The molecule has 76 valence electrons. The van der Waals surface area contributed by atoms with Crippen LogP contribution in [-0.4, -0.2) is 11.1 Å². The largest absolute Gasteiger partial charge is 0.506 e. The molecule has 1 aromatic heterocycles. The van der Waals surface area contributed by atoms with Crippen molar-refractivity contribution in [1.29, 1.82) is 0 Å². The number of carbonyl (C=O) groups excluding carboxylic acids is 1. The van der Waals surface area contributed by atoms with Crippen LogP contribution in [0.15, 0.2) is 41.8 Å². The molecule has 15 heavy (non-hydrogen) atoms. The van der Waals surface area contributed by atoms with Gasteiger partial charge < -0.3 is 9.84 Å². The lowest BCUT2D eigenvalue weighted by Gasteiger charge is -2.01. The maximum Gasteiger partial charge on any atom is 0.357 e. The van der Waals surface area contributed by atoms with E-state index in [2.05, 4.69) is 0 Å². The molecule has 0 unspecified atom stereocenters. The molecule has 0 radical (unpaired) electrons. The minimum absolute atomic E-state index is 0.0408. The second kappa shape index (κ2) is 4.14. The van der Waals surface area contributed by atoms with Gasteiger partial charge in [-0.2, -0.15) is 0 Å². The summed E-state index contributed by atoms with van der Waals surface area (Å²) in [6.45, 7) is 0. The predicted molar refractivity (Wildman–Crippen MR) is 57.4 cm³/mol. The van der Waals surface area contributed by atoms with Gasteiger partial charge >= 0.3 is 5.97 Å². The number of carbonyl (C=O) groups is 1. The highest BCUT2D eigenvalue weighted by atomic mass is 32.1. The van der Waals surface area contributed by atoms with Crippen molar-refractivity contribution in [2.45, 2.75) is 0 Å². The lowest BCUT2D eigenvalue weighted by molar-refractivity contribution is 0.0737. The zero-order valence-corrected chi connectivity index (χ0v) is 8.53. The Bertz CT molecular complexity index is 462. The van der Waals surface area contributed by atoms with E-state index in [4.69, 9.17) is 4.74 Å². The minimum atomic E-state index is -0.534. The number of aromatic hydroxyl groups is 1. The number of para-hydroxylation sites is 1. The van der Waals surface area contributed by atoms with Gasteiger partial charge in [-0.25, -0.2) is 4.79 Å². The van der Waals surface area contributed by atoms with E-state index in [-0.39, 0.29) is 10.6 Å². The van der Waals surface area contributed by atoms with Gasteiger partial charge in [-0.15, -0.1) is 11.3 Å². The molecule has 0 fully saturated rings. The van der Waals surface area contributed by atoms with E-state index < -0.39 is 5.97 Å². The Kier molecular flexibility index (Phi) is 2.69. The van der Waals surface area contributed by atoms with Gasteiger partial charge in [0.2, 0.25) is 0 Å². The molecule has 0 aliphatic carbocycles. The summed E-state index contributed by atoms with van der Waals surface area (Å²) in [4.78, 5) is 11.7. The topological polar surface area (TPSA) is 46.5 Å². The van der Waals surface area contributed by atoms with Crippen LogP contribution in [0.2, 0.25) is 0 Å². The number of ether oxygens (including phenoxy) is 1. The molecule has 1 N–H and O–H groups in total. The number of benzene rings is 1. The van der Waals surface area contributed by atoms with E-state index in [9.17, 15) is 9.90 Å². The first kappa shape index (κ1) is 9.73. The van der Waals surface area contributed by atoms with Gasteiger partial charge in [0, 0.05) is 0 Å². The van der Waals surface area contributed by atoms with Crippen LogP contribution in [0.3, 0.4) is 0 Å². The van der Waals surface area contributed by atoms with Crippen molar-refractivity contribution in [3.05, 3.63) is 46.7 Å². The van der Waals surface area contributed by atoms with E-state index in [0.717, 1.165) is 11.3 Å². The molecule has 0 saturated carbocycles. The first-order chi connectivity index (χ1) is 7.27. The summed E-state index contributed by atoms with van der Waals surface area (Å²) >= 11 is 1.15. The number of rotatable bonds is 2. The summed E-state index contributed by atoms with van der Waals surface area (Å²) in [5.74, 6) is -0.107. The number of thiophene rings is 1. The van der Waals surface area contributed by atoms with Crippen LogP contribution >= 0.6 is 11.3 Å². The monoisotopic (exact) mass is 220 g/mol. The van der Waals surface area contributed by atoms with Gasteiger partial charge in [0.25, 0.3) is 0 Å². The third kappa shape index (κ3) is 2.16. The summed E-state index contributed by atoms with van der Waals surface area (Å²) in [6, 6.07) is 10.2. The first-order valence-corrected chi connectivity index (χ1v) is 5.19. The molecule has 0 spiro atoms. The molecule has 0 amide bonds. The quantitative estimate of drug-likeness (QED) is 0.625. The molecule has 1 aromatic carbocycles. The van der Waals surface area contributed by atoms with Crippen molar-refractivity contribution < 1.29 is 14.6 Å². The molecule has 1 heterocycles. The average molecular weight is 220 g/mol. The van der Waals surface area contributed by atoms with Crippen LogP contribution in [0, 0.1) is 0 Å². The van der Waals surface area contributed by atoms with Crippen LogP contribution in [0.1, 0.15) is 9.67 Å². The Morgan fingerprint density at radius 2 is 1.93 bits per heavy atom. The standard InChI is InChI=1S/C11H8O3S/c12-9-6-7-15-10(9)11(13)14-8-4-2-1-3-5-8/h1-7,12H. The average Bonchev–Trinajstić information content (AvgIpc) is 2.66. The fraction of sp³-hybridized carbons (Fsp3) is 0. The Morgan fingerprint density at radius 1 is 1.20 bits per heavy atom. The van der Waals surface area contributed by atoms with E-state index >= 15 is 0 Å². The smallest absolute Gasteiger partial charge is 0.357 e. The predicted octanol–water partition coefficient (Wildman–Crippen LogP) is 2.67. The normalized spacial score (nSPS) is 9.87. The molecule has 4 heteroatoms. The summed E-state index contributed by atoms with van der Waals surface area (Å²) < 4.78 is 5.05. The van der Waals surface area contributed by atoms with Crippen LogP contribution in [0.5, 0.6) is 11.5 Å². The molecule has 0 bridgehead atoms. The highest BCUT2D eigenvalue weighted by Gasteiger charge is 2.14. The molecular weight excluding hydrogens is 212 g/mol. The molecular formula is C11H8O3S. The molecule has 3 nitrogen and oxygen atoms in total. The molecule has 0 aliphatic heterocycles. The van der Waals surface area contributed by atoms with E-state index in [0.29, 0.717) is 5.75 Å². The molecule has 2 aromatic rings. The van der Waals surface area contributed by atoms with Crippen molar-refractivity contribution in [1.82, 2.24) is 0 Å². The lowest BCUT2D eigenvalue weighted by Crippen LogP contribution is -2.06. The Hall–Kier alpha value is -1.81. The maximum atomic E-state index is 11.5. The summed E-state index contributed by atoms with van der Waals surface area (Å²) in [5.41, 5.74) is 0. The third-order valence-electron chi connectivity index (χ3n) is 1.78. The zero-order chi connectivity index (χ0) is 10.7. The highest BCUT2D eigenvalue weighted by molar-refractivity contribution is 7.12. The van der Waals surface area contributed by atoms with Gasteiger partial charge in [0.05, 0.1) is 0 Å². The first-order valence-electron chi connectivity index (χ1n) is 4.31. The zero-order valence-electron chi connectivity index (χ0n) is 7.71. The van der Waals surface area contributed by atoms with Gasteiger partial charge in [-0.1, -0.05) is 18.2 Å². The molecule has 2 rings (SSSR count). The minimum Gasteiger partial charge on any atom is -0.506 e. The third-order valence-corrected chi connectivity index (χ3v) is 2.67. The van der Waals surface area contributed by atoms with Gasteiger partial charge in [0.15, 0.2) is 4.88 Å². The lowest BCUT2D eigenvalue weighted by atomic mass is 10.3. The van der Waals surface area contributed by atoms with Crippen molar-refractivity contribution >= 4 is 17.3 Å². The number of hydrogen-bond acceptors (Lipinski definition) is 4. The van der Waals surface area contributed by atoms with Crippen molar-refractivity contribution in [2.75, 3.05) is 0 Å². The van der Waals surface area contributed by atoms with E-state index in [1.54, 1.807) is 29.6 Å². The Morgan fingerprint density at radius 3 is 2.53 bits per heavy atom. The second-order valence-corrected chi connectivity index (χ2v) is 3.75. The van der Waals surface area contributed by atoms with Gasteiger partial charge in [-0.3, -0.25) is 0 Å². The van der Waals surface area contributed by atoms with Crippen LogP contribution in [0.25, 0.3) is 0 Å². The molecule has 0 atom stereocenters. The van der Waals surface area contributed by atoms with Crippen LogP contribution in [-0.2, 0) is 0 Å². The summed E-state index contributed by atoms with van der Waals surface area (Å²) in [5, 5.41) is 10.9. The van der Waals surface area contributed by atoms with Crippen LogP contribution < -0.4 is 4.74 Å². The van der Waals surface area contributed by atoms with Crippen LogP contribution in [0.4, 0.5) is 0 Å². The maximum absolute atomic E-state index is 11.5. The van der Waals surface area contributed by atoms with E-state index in [1.165, 1.54) is 6.07 Å². The SMILES string of the molecule is O=C(Oc1ccccc1)c1sccc1O. The molecule has 0 saturated heterocycles. The Balaban J connectivity index is 2.15. The Labute approximate surface area is 90.6 Å². The van der Waals surface area contributed by atoms with Gasteiger partial charge in [0.1, 0.15) is 11.5 Å². The second-order valence-electron chi connectivity index (χ2n) is 2.84. The van der Waals surface area contributed by atoms with Crippen molar-refractivity contribution in [2.24, 2.45) is 0 Å². The number of hydrogen-bond donors (Lipinski definition) is 1. The summed E-state index contributed by atoms with van der Waals surface area (Å²) in [6.07, 6.45) is 0. The van der Waals surface area contributed by atoms with E-state index in [1.807, 2.05) is 6.07 Å². The fourth-order valence-corrected chi connectivity index (χ4v) is 1.76.